The van der Waals surface area contributed by atoms with Gasteiger partial charge in [0.1, 0.15) is 0 Å². The van der Waals surface area contributed by atoms with Crippen LogP contribution in [-0.4, -0.2) is 19.1 Å². The van der Waals surface area contributed by atoms with Crippen molar-refractivity contribution in [3.05, 3.63) is 218 Å². The van der Waals surface area contributed by atoms with Gasteiger partial charge in [-0.2, -0.15) is 0 Å². The molecule has 0 spiro atoms. The lowest BCUT2D eigenvalue weighted by atomic mass is 10.0. The zero-order valence-electron chi connectivity index (χ0n) is 32.6. The molecular weight excluding hydrogens is 729 g/mol. The lowest BCUT2D eigenvalue weighted by Crippen LogP contribution is -1.97. The van der Waals surface area contributed by atoms with Gasteiger partial charge >= 0.3 is 0 Å². The fraction of sp³-hybridized carbons (Fsp3) is 0. The number of hydrogen-bond acceptors (Lipinski definition) is 2. The molecule has 0 saturated heterocycles. The average Bonchev–Trinajstić information content (AvgIpc) is 3.84. The minimum Gasteiger partial charge on any atom is -0.309 e. The predicted octanol–water partition coefficient (Wildman–Crippen LogP) is 14.5. The van der Waals surface area contributed by atoms with E-state index in [1.54, 1.807) is 0 Å². The molecule has 0 N–H and O–H groups in total. The second kappa shape index (κ2) is 13.8. The van der Waals surface area contributed by atoms with Crippen molar-refractivity contribution in [2.75, 3.05) is 0 Å². The topological polar surface area (TPSA) is 35.6 Å². The van der Waals surface area contributed by atoms with Crippen LogP contribution >= 0.6 is 0 Å². The van der Waals surface area contributed by atoms with Crippen LogP contribution in [-0.2, 0) is 0 Å². The molecule has 0 radical (unpaired) electrons. The molecular formula is C56H36N4. The summed E-state index contributed by atoms with van der Waals surface area (Å²) in [5, 5.41) is 5.98. The van der Waals surface area contributed by atoms with Crippen LogP contribution in [0.2, 0.25) is 0 Å². The standard InChI is InChI=1S/C56H36N4/c1-3-13-37(14-4-1)38-23-25-39(26-24-38)55-47-19-7-10-20-50(47)57-56(58-55)40-27-31-44(32-28-40)60-52-22-12-9-18-46(52)49-36-42(30-34-54(49)60)41-29-33-53-48(35-41)45-17-8-11-21-51(45)59(53)43-15-5-2-6-16-43/h1-36H. The van der Waals surface area contributed by atoms with Crippen molar-refractivity contribution in [1.82, 2.24) is 19.1 Å². The van der Waals surface area contributed by atoms with Crippen molar-refractivity contribution in [2.45, 2.75) is 0 Å². The van der Waals surface area contributed by atoms with Gasteiger partial charge in [-0.25, -0.2) is 9.97 Å². The number of rotatable bonds is 6. The summed E-state index contributed by atoms with van der Waals surface area (Å²) < 4.78 is 4.74. The van der Waals surface area contributed by atoms with E-state index in [1.165, 1.54) is 66.0 Å². The molecule has 0 aliphatic carbocycles. The molecule has 12 aromatic rings. The molecule has 9 aromatic carbocycles. The van der Waals surface area contributed by atoms with Gasteiger partial charge in [0.25, 0.3) is 0 Å². The molecule has 0 unspecified atom stereocenters. The van der Waals surface area contributed by atoms with Gasteiger partial charge in [-0.15, -0.1) is 0 Å². The normalized spacial score (nSPS) is 11.7. The smallest absolute Gasteiger partial charge is 0.160 e. The van der Waals surface area contributed by atoms with Crippen molar-refractivity contribution in [1.29, 1.82) is 0 Å². The Bertz CT molecular complexity index is 3560. The quantitative estimate of drug-likeness (QED) is 0.169. The van der Waals surface area contributed by atoms with Gasteiger partial charge < -0.3 is 9.13 Å². The van der Waals surface area contributed by atoms with Gasteiger partial charge in [0.15, 0.2) is 5.82 Å². The first-order chi connectivity index (χ1) is 29.7. The first-order valence-electron chi connectivity index (χ1n) is 20.4. The van der Waals surface area contributed by atoms with E-state index in [9.17, 15) is 0 Å². The van der Waals surface area contributed by atoms with Crippen LogP contribution in [0.15, 0.2) is 218 Å². The lowest BCUT2D eigenvalue weighted by Gasteiger charge is -2.12. The Morgan fingerprint density at radius 1 is 0.267 bits per heavy atom. The number of benzene rings is 9. The molecule has 12 rings (SSSR count). The van der Waals surface area contributed by atoms with Crippen molar-refractivity contribution < 1.29 is 0 Å². The van der Waals surface area contributed by atoms with Crippen LogP contribution in [0, 0.1) is 0 Å². The maximum atomic E-state index is 5.21. The van der Waals surface area contributed by atoms with E-state index >= 15 is 0 Å². The fourth-order valence-electron chi connectivity index (χ4n) is 9.07. The maximum Gasteiger partial charge on any atom is 0.160 e. The summed E-state index contributed by atoms with van der Waals surface area (Å²) in [6, 6.07) is 78.0. The molecule has 0 fully saturated rings. The van der Waals surface area contributed by atoms with E-state index in [1.807, 2.05) is 12.1 Å². The highest BCUT2D eigenvalue weighted by molar-refractivity contribution is 6.12. The summed E-state index contributed by atoms with van der Waals surface area (Å²) in [5.74, 6) is 0.707. The molecule has 60 heavy (non-hydrogen) atoms. The SMILES string of the molecule is c1ccc(-c2ccc(-c3nc(-c4ccc(-n5c6ccccc6c6cc(-c7ccc8c(c7)c7ccccc7n8-c7ccccc7)ccc65)cc4)nc4ccccc34)cc2)cc1. The van der Waals surface area contributed by atoms with E-state index in [-0.39, 0.29) is 0 Å². The molecule has 3 heterocycles. The highest BCUT2D eigenvalue weighted by Gasteiger charge is 2.17. The summed E-state index contributed by atoms with van der Waals surface area (Å²) in [6.07, 6.45) is 0. The number of hydrogen-bond donors (Lipinski definition) is 0. The van der Waals surface area contributed by atoms with Crippen LogP contribution in [0.1, 0.15) is 0 Å². The molecule has 0 aliphatic heterocycles. The van der Waals surface area contributed by atoms with E-state index in [4.69, 9.17) is 9.97 Å². The van der Waals surface area contributed by atoms with E-state index < -0.39 is 0 Å². The molecule has 0 atom stereocenters. The minimum absolute atomic E-state index is 0.707. The van der Waals surface area contributed by atoms with Crippen molar-refractivity contribution in [3.63, 3.8) is 0 Å². The Morgan fingerprint density at radius 2 is 0.700 bits per heavy atom. The first kappa shape index (κ1) is 34.0. The third-order valence-electron chi connectivity index (χ3n) is 11.9. The monoisotopic (exact) mass is 764 g/mol. The van der Waals surface area contributed by atoms with Crippen molar-refractivity contribution in [2.24, 2.45) is 0 Å². The van der Waals surface area contributed by atoms with Crippen LogP contribution in [0.4, 0.5) is 0 Å². The highest BCUT2D eigenvalue weighted by atomic mass is 15.0. The van der Waals surface area contributed by atoms with Crippen molar-refractivity contribution >= 4 is 54.5 Å². The maximum absolute atomic E-state index is 5.21. The summed E-state index contributed by atoms with van der Waals surface area (Å²) in [5.41, 5.74) is 15.7. The second-order valence-electron chi connectivity index (χ2n) is 15.4. The van der Waals surface area contributed by atoms with Crippen LogP contribution < -0.4 is 0 Å². The Hall–Kier alpha value is -8.08. The zero-order valence-corrected chi connectivity index (χ0v) is 32.6. The number of nitrogens with zero attached hydrogens (tertiary/aromatic N) is 4. The lowest BCUT2D eigenvalue weighted by molar-refractivity contribution is 1.17. The van der Waals surface area contributed by atoms with Gasteiger partial charge in [-0.05, 0) is 101 Å². The Balaban J connectivity index is 0.929. The highest BCUT2D eigenvalue weighted by Crippen LogP contribution is 2.39. The second-order valence-corrected chi connectivity index (χ2v) is 15.4. The third-order valence-corrected chi connectivity index (χ3v) is 11.9. The summed E-state index contributed by atoms with van der Waals surface area (Å²) in [6.45, 7) is 0. The fourth-order valence-corrected chi connectivity index (χ4v) is 9.07. The molecule has 0 bridgehead atoms. The number of para-hydroxylation sites is 4. The Morgan fingerprint density at radius 3 is 1.32 bits per heavy atom. The number of aromatic nitrogens is 4. The summed E-state index contributed by atoms with van der Waals surface area (Å²) >= 11 is 0. The van der Waals surface area contributed by atoms with Crippen LogP contribution in [0.25, 0.3) is 111 Å². The summed E-state index contributed by atoms with van der Waals surface area (Å²) in [4.78, 5) is 10.3. The predicted molar refractivity (Wildman–Crippen MR) is 250 cm³/mol. The molecule has 4 heteroatoms. The van der Waals surface area contributed by atoms with E-state index in [0.29, 0.717) is 5.82 Å². The zero-order chi connectivity index (χ0) is 39.6. The molecule has 0 aliphatic rings. The van der Waals surface area contributed by atoms with Crippen molar-refractivity contribution in [3.8, 4) is 56.3 Å². The van der Waals surface area contributed by atoms with Gasteiger partial charge in [0, 0.05) is 49.4 Å². The Kier molecular flexibility index (Phi) is 7.82. The third kappa shape index (κ3) is 5.53. The van der Waals surface area contributed by atoms with Gasteiger partial charge in [-0.3, -0.25) is 0 Å². The van der Waals surface area contributed by atoms with Gasteiger partial charge in [0.05, 0.1) is 33.3 Å². The molecule has 280 valence electrons. The minimum atomic E-state index is 0.707. The van der Waals surface area contributed by atoms with Gasteiger partial charge in [-0.1, -0.05) is 140 Å². The largest absolute Gasteiger partial charge is 0.309 e. The van der Waals surface area contributed by atoms with Gasteiger partial charge in [0.2, 0.25) is 0 Å². The molecule has 3 aromatic heterocycles. The van der Waals surface area contributed by atoms with E-state index in [0.717, 1.165) is 38.9 Å². The average molecular weight is 765 g/mol. The first-order valence-corrected chi connectivity index (χ1v) is 20.4. The van der Waals surface area contributed by atoms with E-state index in [2.05, 4.69) is 215 Å². The summed E-state index contributed by atoms with van der Waals surface area (Å²) in [7, 11) is 0. The molecule has 4 nitrogen and oxygen atoms in total. The molecule has 0 amide bonds. The van der Waals surface area contributed by atoms with Crippen LogP contribution in [0.5, 0.6) is 0 Å². The Labute approximate surface area is 346 Å². The van der Waals surface area contributed by atoms with Crippen LogP contribution in [0.3, 0.4) is 0 Å². The molecule has 0 saturated carbocycles. The number of fused-ring (bicyclic) bond motifs is 7.